The molecule has 102 valence electrons. The van der Waals surface area contributed by atoms with E-state index in [2.05, 4.69) is 12.1 Å². The van der Waals surface area contributed by atoms with Gasteiger partial charge in [0.15, 0.2) is 0 Å². The number of rotatable bonds is 4. The van der Waals surface area contributed by atoms with Crippen LogP contribution in [0.15, 0.2) is 60.7 Å². The molecule has 0 fully saturated rings. The van der Waals surface area contributed by atoms with Crippen molar-refractivity contribution in [2.24, 2.45) is 11.5 Å². The molecule has 1 atom stereocenters. The molecule has 2 aromatic rings. The predicted molar refractivity (Wildman–Crippen MR) is 79.6 cm³/mol. The fraction of sp³-hybridized carbons (Fsp3) is 0.250. The van der Waals surface area contributed by atoms with E-state index in [9.17, 15) is 0 Å². The molecule has 0 spiro atoms. The third-order valence-electron chi connectivity index (χ3n) is 2.66. The van der Waals surface area contributed by atoms with Crippen LogP contribution in [0.3, 0.4) is 0 Å². The van der Waals surface area contributed by atoms with Crippen molar-refractivity contribution < 1.29 is 4.74 Å². The van der Waals surface area contributed by atoms with Crippen molar-refractivity contribution in [2.75, 3.05) is 13.7 Å². The zero-order valence-corrected chi connectivity index (χ0v) is 11.3. The maximum atomic E-state index is 5.57. The first-order valence-electron chi connectivity index (χ1n) is 6.35. The minimum Gasteiger partial charge on any atom is -0.363 e. The first kappa shape index (κ1) is 15.4. The monoisotopic (exact) mass is 258 g/mol. The normalized spacial score (nSPS) is 11.3. The van der Waals surface area contributed by atoms with Gasteiger partial charge in [-0.05, 0) is 24.1 Å². The molecule has 0 aliphatic rings. The molecule has 3 nitrogen and oxygen atoms in total. The summed E-state index contributed by atoms with van der Waals surface area (Å²) in [6.45, 7) is 0.740. The summed E-state index contributed by atoms with van der Waals surface area (Å²) < 4.78 is 4.91. The van der Waals surface area contributed by atoms with Crippen LogP contribution in [-0.2, 0) is 11.2 Å². The van der Waals surface area contributed by atoms with Crippen LogP contribution in [0.2, 0.25) is 0 Å². The highest BCUT2D eigenvalue weighted by Crippen LogP contribution is 2.08. The molecule has 0 bridgehead atoms. The zero-order chi connectivity index (χ0) is 13.9. The fourth-order valence-corrected chi connectivity index (χ4v) is 1.59. The number of methoxy groups -OCH3 is 1. The van der Waals surface area contributed by atoms with Crippen molar-refractivity contribution in [1.29, 1.82) is 0 Å². The molecule has 2 aromatic carbocycles. The topological polar surface area (TPSA) is 61.3 Å². The second-order valence-corrected chi connectivity index (χ2v) is 4.09. The number of nitrogens with two attached hydrogens (primary N) is 2. The largest absolute Gasteiger partial charge is 0.363 e. The molecule has 2 rings (SSSR count). The Morgan fingerprint density at radius 2 is 1.47 bits per heavy atom. The van der Waals surface area contributed by atoms with E-state index < -0.39 is 0 Å². The first-order chi connectivity index (χ1) is 9.27. The van der Waals surface area contributed by atoms with E-state index in [4.69, 9.17) is 16.2 Å². The molecule has 0 aliphatic heterocycles. The van der Waals surface area contributed by atoms with Crippen molar-refractivity contribution in [1.82, 2.24) is 0 Å². The van der Waals surface area contributed by atoms with E-state index in [0.29, 0.717) is 0 Å². The van der Waals surface area contributed by atoms with Gasteiger partial charge in [-0.25, -0.2) is 0 Å². The molecule has 0 saturated carbocycles. The lowest BCUT2D eigenvalue weighted by Gasteiger charge is -2.07. The van der Waals surface area contributed by atoms with Crippen molar-refractivity contribution >= 4 is 0 Å². The Labute approximate surface area is 115 Å². The van der Waals surface area contributed by atoms with Crippen LogP contribution < -0.4 is 11.5 Å². The number of hydrogen-bond acceptors (Lipinski definition) is 3. The third-order valence-corrected chi connectivity index (χ3v) is 2.66. The average molecular weight is 258 g/mol. The maximum absolute atomic E-state index is 5.57. The second kappa shape index (κ2) is 9.28. The average Bonchev–Trinajstić information content (AvgIpc) is 2.49. The standard InChI is InChI=1S/C8H11NO.C8H11N/c1-10-8(9)7-5-3-2-4-6-7;9-7-6-8-4-2-1-3-5-8/h2-6,8H,9H2,1H3;1-5H,6-7,9H2. The quantitative estimate of drug-likeness (QED) is 0.828. The summed E-state index contributed by atoms with van der Waals surface area (Å²) in [5.41, 5.74) is 13.3. The molecule has 0 amide bonds. The van der Waals surface area contributed by atoms with Crippen LogP contribution in [0.1, 0.15) is 17.4 Å². The van der Waals surface area contributed by atoms with Gasteiger partial charge in [-0.1, -0.05) is 60.7 Å². The van der Waals surface area contributed by atoms with Gasteiger partial charge >= 0.3 is 0 Å². The Hall–Kier alpha value is -1.68. The summed E-state index contributed by atoms with van der Waals surface area (Å²) in [4.78, 5) is 0. The van der Waals surface area contributed by atoms with Gasteiger partial charge in [0.05, 0.1) is 0 Å². The minimum absolute atomic E-state index is 0.291. The highest BCUT2D eigenvalue weighted by Gasteiger charge is 1.99. The van der Waals surface area contributed by atoms with Gasteiger partial charge in [-0.15, -0.1) is 0 Å². The van der Waals surface area contributed by atoms with E-state index in [0.717, 1.165) is 18.5 Å². The molecule has 0 saturated heterocycles. The Morgan fingerprint density at radius 3 is 1.95 bits per heavy atom. The molecule has 0 heterocycles. The predicted octanol–water partition coefficient (Wildman–Crippen LogP) is 2.48. The summed E-state index contributed by atoms with van der Waals surface area (Å²) in [6, 6.07) is 20.0. The zero-order valence-electron chi connectivity index (χ0n) is 11.3. The van der Waals surface area contributed by atoms with E-state index in [1.54, 1.807) is 7.11 Å². The van der Waals surface area contributed by atoms with Gasteiger partial charge < -0.3 is 16.2 Å². The number of benzene rings is 2. The molecule has 3 heteroatoms. The lowest BCUT2D eigenvalue weighted by molar-refractivity contribution is 0.109. The molecule has 19 heavy (non-hydrogen) atoms. The Morgan fingerprint density at radius 1 is 0.947 bits per heavy atom. The van der Waals surface area contributed by atoms with E-state index in [1.165, 1.54) is 5.56 Å². The van der Waals surface area contributed by atoms with Crippen molar-refractivity contribution in [3.63, 3.8) is 0 Å². The van der Waals surface area contributed by atoms with E-state index in [-0.39, 0.29) is 6.23 Å². The molecule has 1 unspecified atom stereocenters. The molecule has 0 aliphatic carbocycles. The van der Waals surface area contributed by atoms with Gasteiger partial charge in [0.2, 0.25) is 0 Å². The van der Waals surface area contributed by atoms with Crippen LogP contribution in [0.4, 0.5) is 0 Å². The SMILES string of the molecule is COC(N)c1ccccc1.NCCc1ccccc1. The van der Waals surface area contributed by atoms with E-state index in [1.807, 2.05) is 48.5 Å². The maximum Gasteiger partial charge on any atom is 0.131 e. The van der Waals surface area contributed by atoms with Crippen LogP contribution in [0.5, 0.6) is 0 Å². The first-order valence-corrected chi connectivity index (χ1v) is 6.35. The lowest BCUT2D eigenvalue weighted by atomic mass is 10.2. The highest BCUT2D eigenvalue weighted by molar-refractivity contribution is 5.16. The Kier molecular flexibility index (Phi) is 7.51. The van der Waals surface area contributed by atoms with Gasteiger partial charge in [-0.3, -0.25) is 0 Å². The van der Waals surface area contributed by atoms with Gasteiger partial charge in [0.1, 0.15) is 6.23 Å². The summed E-state index contributed by atoms with van der Waals surface area (Å²) in [5.74, 6) is 0. The molecular weight excluding hydrogens is 236 g/mol. The van der Waals surface area contributed by atoms with Gasteiger partial charge in [-0.2, -0.15) is 0 Å². The summed E-state index contributed by atoms with van der Waals surface area (Å²) in [6.07, 6.45) is 0.696. The minimum atomic E-state index is -0.291. The summed E-state index contributed by atoms with van der Waals surface area (Å²) >= 11 is 0. The highest BCUT2D eigenvalue weighted by atomic mass is 16.5. The number of hydrogen-bond donors (Lipinski definition) is 2. The molecular formula is C16H22N2O. The summed E-state index contributed by atoms with van der Waals surface area (Å²) in [5, 5.41) is 0. The molecule has 4 N–H and O–H groups in total. The fourth-order valence-electron chi connectivity index (χ4n) is 1.59. The summed E-state index contributed by atoms with van der Waals surface area (Å²) in [7, 11) is 1.59. The van der Waals surface area contributed by atoms with Gasteiger partial charge in [0.25, 0.3) is 0 Å². The van der Waals surface area contributed by atoms with E-state index >= 15 is 0 Å². The van der Waals surface area contributed by atoms with Crippen molar-refractivity contribution in [2.45, 2.75) is 12.6 Å². The Balaban J connectivity index is 0.000000191. The van der Waals surface area contributed by atoms with Crippen LogP contribution in [0, 0.1) is 0 Å². The van der Waals surface area contributed by atoms with Crippen LogP contribution in [0.25, 0.3) is 0 Å². The van der Waals surface area contributed by atoms with Crippen LogP contribution in [-0.4, -0.2) is 13.7 Å². The number of ether oxygens (including phenoxy) is 1. The van der Waals surface area contributed by atoms with Crippen molar-refractivity contribution in [3.8, 4) is 0 Å². The second-order valence-electron chi connectivity index (χ2n) is 4.09. The third kappa shape index (κ3) is 6.15. The molecule has 0 aromatic heterocycles. The molecule has 0 radical (unpaired) electrons. The Bertz CT molecular complexity index is 431. The van der Waals surface area contributed by atoms with Gasteiger partial charge in [0, 0.05) is 7.11 Å². The van der Waals surface area contributed by atoms with Crippen molar-refractivity contribution in [3.05, 3.63) is 71.8 Å². The lowest BCUT2D eigenvalue weighted by Crippen LogP contribution is -2.11. The smallest absolute Gasteiger partial charge is 0.131 e. The van der Waals surface area contributed by atoms with Crippen LogP contribution >= 0.6 is 0 Å².